The Hall–Kier alpha value is -1.60. The Morgan fingerprint density at radius 3 is 2.63 bits per heavy atom. The van der Waals surface area contributed by atoms with Gasteiger partial charge in [0, 0.05) is 19.6 Å². The van der Waals surface area contributed by atoms with E-state index in [0.29, 0.717) is 12.2 Å². The van der Waals surface area contributed by atoms with E-state index in [4.69, 9.17) is 16.2 Å². The van der Waals surface area contributed by atoms with Crippen LogP contribution in [0.5, 0.6) is 0 Å². The number of carbonyl (C=O) groups excluding carboxylic acids is 1. The summed E-state index contributed by atoms with van der Waals surface area (Å²) in [6.45, 7) is 6.98. The molecule has 1 aromatic rings. The lowest BCUT2D eigenvalue weighted by molar-refractivity contribution is 0.0358. The highest BCUT2D eigenvalue weighted by atomic mass is 16.5. The Bertz CT molecular complexity index is 451. The van der Waals surface area contributed by atoms with Crippen LogP contribution in [0.1, 0.15) is 23.1 Å². The molecule has 19 heavy (non-hydrogen) atoms. The molecule has 1 aliphatic heterocycles. The second-order valence-corrected chi connectivity index (χ2v) is 4.60. The Kier molecular flexibility index (Phi) is 4.39. The molecule has 0 atom stereocenters. The van der Waals surface area contributed by atoms with Gasteiger partial charge in [0.05, 0.1) is 31.1 Å². The maximum absolute atomic E-state index is 11.2. The first-order chi connectivity index (χ1) is 9.13. The number of nitrogen functional groups attached to an aromatic ring is 1. The summed E-state index contributed by atoms with van der Waals surface area (Å²) in [6.07, 6.45) is 0.731. The lowest BCUT2D eigenvalue weighted by Gasteiger charge is -2.26. The van der Waals surface area contributed by atoms with Gasteiger partial charge in [-0.3, -0.25) is 14.4 Å². The van der Waals surface area contributed by atoms with Crippen molar-refractivity contribution < 1.29 is 9.53 Å². The first-order valence-corrected chi connectivity index (χ1v) is 6.58. The quantitative estimate of drug-likeness (QED) is 0.746. The molecule has 1 fully saturated rings. The number of anilines is 1. The van der Waals surface area contributed by atoms with Crippen LogP contribution in [0.2, 0.25) is 0 Å². The molecule has 1 amide bonds. The van der Waals surface area contributed by atoms with Crippen molar-refractivity contribution in [3.05, 3.63) is 11.4 Å². The number of aromatic nitrogens is 2. The van der Waals surface area contributed by atoms with Crippen molar-refractivity contribution in [2.75, 3.05) is 38.6 Å². The van der Waals surface area contributed by atoms with Gasteiger partial charge in [0.2, 0.25) is 0 Å². The minimum absolute atomic E-state index is 0.179. The molecule has 0 bridgehead atoms. The van der Waals surface area contributed by atoms with Gasteiger partial charge in [-0.05, 0) is 6.42 Å². The van der Waals surface area contributed by atoms with Crippen molar-refractivity contribution in [3.63, 3.8) is 0 Å². The fraction of sp³-hybridized carbons (Fsp3) is 0.667. The normalized spacial score (nSPS) is 16.7. The number of hydrogen-bond donors (Lipinski definition) is 2. The van der Waals surface area contributed by atoms with Crippen molar-refractivity contribution >= 4 is 11.6 Å². The molecular weight excluding hydrogens is 246 g/mol. The third-order valence-electron chi connectivity index (χ3n) is 3.40. The Balaban J connectivity index is 2.06. The number of carbonyl (C=O) groups is 1. The number of primary amides is 1. The minimum Gasteiger partial charge on any atom is -0.395 e. The van der Waals surface area contributed by atoms with E-state index >= 15 is 0 Å². The van der Waals surface area contributed by atoms with E-state index in [-0.39, 0.29) is 5.69 Å². The van der Waals surface area contributed by atoms with Crippen LogP contribution < -0.4 is 11.5 Å². The van der Waals surface area contributed by atoms with Gasteiger partial charge in [0.25, 0.3) is 5.91 Å². The molecule has 106 valence electrons. The zero-order chi connectivity index (χ0) is 13.8. The van der Waals surface area contributed by atoms with Gasteiger partial charge in [0.15, 0.2) is 5.69 Å². The lowest BCUT2D eigenvalue weighted by atomic mass is 10.2. The van der Waals surface area contributed by atoms with Crippen LogP contribution in [-0.4, -0.2) is 53.4 Å². The predicted molar refractivity (Wildman–Crippen MR) is 71.8 cm³/mol. The lowest BCUT2D eigenvalue weighted by Crippen LogP contribution is -2.38. The van der Waals surface area contributed by atoms with E-state index in [1.807, 2.05) is 6.92 Å². The van der Waals surface area contributed by atoms with Gasteiger partial charge in [-0.15, -0.1) is 0 Å². The number of hydrogen-bond acceptors (Lipinski definition) is 5. The first kappa shape index (κ1) is 13.8. The topological polar surface area (TPSA) is 99.4 Å². The van der Waals surface area contributed by atoms with Gasteiger partial charge >= 0.3 is 0 Å². The van der Waals surface area contributed by atoms with Crippen molar-refractivity contribution in [2.45, 2.75) is 19.9 Å². The molecule has 0 aromatic carbocycles. The van der Waals surface area contributed by atoms with Gasteiger partial charge in [0.1, 0.15) is 0 Å². The molecule has 7 nitrogen and oxygen atoms in total. The van der Waals surface area contributed by atoms with E-state index < -0.39 is 5.91 Å². The fourth-order valence-corrected chi connectivity index (χ4v) is 2.31. The average Bonchev–Trinajstić information content (AvgIpc) is 2.74. The van der Waals surface area contributed by atoms with Crippen LogP contribution in [0.4, 0.5) is 5.69 Å². The number of morpholine rings is 1. The van der Waals surface area contributed by atoms with Crippen LogP contribution in [0.3, 0.4) is 0 Å². The van der Waals surface area contributed by atoms with E-state index in [9.17, 15) is 4.79 Å². The van der Waals surface area contributed by atoms with Crippen molar-refractivity contribution in [2.24, 2.45) is 5.73 Å². The van der Waals surface area contributed by atoms with Gasteiger partial charge in [-0.1, -0.05) is 6.92 Å². The molecule has 2 heterocycles. The molecule has 1 aromatic heterocycles. The summed E-state index contributed by atoms with van der Waals surface area (Å²) in [7, 11) is 0. The van der Waals surface area contributed by atoms with Crippen molar-refractivity contribution in [1.29, 1.82) is 0 Å². The highest BCUT2D eigenvalue weighted by molar-refractivity contribution is 5.96. The maximum atomic E-state index is 11.2. The molecular formula is C12H21N5O2. The summed E-state index contributed by atoms with van der Waals surface area (Å²) < 4.78 is 7.10. The number of nitrogens with zero attached hydrogens (tertiary/aromatic N) is 3. The van der Waals surface area contributed by atoms with Crippen LogP contribution in [0.15, 0.2) is 0 Å². The fourth-order valence-electron chi connectivity index (χ4n) is 2.31. The molecule has 0 aliphatic carbocycles. The van der Waals surface area contributed by atoms with Gasteiger partial charge < -0.3 is 16.2 Å². The summed E-state index contributed by atoms with van der Waals surface area (Å²) in [5, 5.41) is 4.22. The summed E-state index contributed by atoms with van der Waals surface area (Å²) in [4.78, 5) is 13.6. The van der Waals surface area contributed by atoms with E-state index in [1.165, 1.54) is 0 Å². The zero-order valence-corrected chi connectivity index (χ0v) is 11.3. The second-order valence-electron chi connectivity index (χ2n) is 4.60. The summed E-state index contributed by atoms with van der Waals surface area (Å²) >= 11 is 0. The Morgan fingerprint density at radius 1 is 1.37 bits per heavy atom. The molecule has 4 N–H and O–H groups in total. The van der Waals surface area contributed by atoms with E-state index in [0.717, 1.165) is 45.0 Å². The molecule has 7 heteroatoms. The number of nitrogens with two attached hydrogens (primary N) is 2. The number of rotatable bonds is 5. The number of ether oxygens (including phenoxy) is 1. The second kappa shape index (κ2) is 6.03. The highest BCUT2D eigenvalue weighted by Crippen LogP contribution is 2.17. The molecule has 0 saturated carbocycles. The third kappa shape index (κ3) is 3.05. The zero-order valence-electron chi connectivity index (χ0n) is 11.3. The summed E-state index contributed by atoms with van der Waals surface area (Å²) in [5.74, 6) is -0.572. The van der Waals surface area contributed by atoms with Gasteiger partial charge in [-0.25, -0.2) is 0 Å². The van der Waals surface area contributed by atoms with Crippen molar-refractivity contribution in [1.82, 2.24) is 14.7 Å². The SMILES string of the molecule is CCc1c(N)c(C(N)=O)nn1CCN1CCOCC1. The molecule has 1 saturated heterocycles. The smallest absolute Gasteiger partial charge is 0.271 e. The standard InChI is InChI=1S/C12H21N5O2/c1-2-9-10(13)11(12(14)18)15-17(9)4-3-16-5-7-19-8-6-16/h2-8,13H2,1H3,(H2,14,18). The molecule has 1 aliphatic rings. The van der Waals surface area contributed by atoms with Crippen molar-refractivity contribution in [3.8, 4) is 0 Å². The van der Waals surface area contributed by atoms with E-state index in [1.54, 1.807) is 4.68 Å². The van der Waals surface area contributed by atoms with Crippen LogP contribution in [-0.2, 0) is 17.7 Å². The molecule has 0 unspecified atom stereocenters. The first-order valence-electron chi connectivity index (χ1n) is 6.58. The Labute approximate surface area is 112 Å². The average molecular weight is 267 g/mol. The molecule has 0 spiro atoms. The van der Waals surface area contributed by atoms with Crippen LogP contribution in [0.25, 0.3) is 0 Å². The minimum atomic E-state index is -0.572. The molecule has 0 radical (unpaired) electrons. The molecule has 2 rings (SSSR count). The monoisotopic (exact) mass is 267 g/mol. The summed E-state index contributed by atoms with van der Waals surface area (Å²) in [5.41, 5.74) is 12.6. The predicted octanol–water partition coefficient (Wildman–Crippen LogP) is -0.541. The summed E-state index contributed by atoms with van der Waals surface area (Å²) in [6, 6.07) is 0. The van der Waals surface area contributed by atoms with Crippen LogP contribution >= 0.6 is 0 Å². The number of amides is 1. The Morgan fingerprint density at radius 2 is 2.05 bits per heavy atom. The largest absolute Gasteiger partial charge is 0.395 e. The third-order valence-corrected chi connectivity index (χ3v) is 3.40. The van der Waals surface area contributed by atoms with Crippen LogP contribution in [0, 0.1) is 0 Å². The van der Waals surface area contributed by atoms with E-state index in [2.05, 4.69) is 10.00 Å². The maximum Gasteiger partial charge on any atom is 0.271 e. The highest BCUT2D eigenvalue weighted by Gasteiger charge is 2.18. The van der Waals surface area contributed by atoms with Gasteiger partial charge in [-0.2, -0.15) is 5.10 Å².